The molecular weight excluding hydrogens is 339 g/mol. The molecular formula is C16H28Cl2N2O3. The van der Waals surface area contributed by atoms with E-state index in [1.165, 1.54) is 6.07 Å². The molecule has 1 heterocycles. The van der Waals surface area contributed by atoms with Crippen LogP contribution in [0.25, 0.3) is 0 Å². The van der Waals surface area contributed by atoms with Crippen LogP contribution in [-0.2, 0) is 0 Å². The summed E-state index contributed by atoms with van der Waals surface area (Å²) in [6.45, 7) is 8.08. The Morgan fingerprint density at radius 3 is 2.17 bits per heavy atom. The van der Waals surface area contributed by atoms with Gasteiger partial charge in [0.25, 0.3) is 0 Å². The molecule has 1 fully saturated rings. The van der Waals surface area contributed by atoms with Crippen LogP contribution in [0.1, 0.15) is 38.3 Å². The highest BCUT2D eigenvalue weighted by Gasteiger charge is 2.26. The fraction of sp³-hybridized carbons (Fsp3) is 0.625. The molecule has 1 saturated heterocycles. The minimum absolute atomic E-state index is 0. The van der Waals surface area contributed by atoms with Gasteiger partial charge in [0.2, 0.25) is 5.75 Å². The standard InChI is InChI=1S/C16H26N2O3.2ClH/c1-11(2)3-5-13(18-9-7-17-8-10-18)12-4-6-14(19)16(21)15(12)20;;/h4,6,11,13,17,19-21H,3,5,7-10H2,1-2H3;2*1H/t13-;;/m0../s1. The number of halogens is 2. The first kappa shape index (κ1) is 22.1. The zero-order chi connectivity index (χ0) is 15.4. The Hall–Kier alpha value is -0.880. The van der Waals surface area contributed by atoms with Crippen molar-refractivity contribution in [1.29, 1.82) is 0 Å². The molecule has 0 unspecified atom stereocenters. The summed E-state index contributed by atoms with van der Waals surface area (Å²) in [7, 11) is 0. The van der Waals surface area contributed by atoms with Crippen molar-refractivity contribution in [2.75, 3.05) is 26.2 Å². The second-order valence-corrected chi connectivity index (χ2v) is 6.14. The molecule has 1 aliphatic rings. The largest absolute Gasteiger partial charge is 0.504 e. The topological polar surface area (TPSA) is 76.0 Å². The van der Waals surface area contributed by atoms with Crippen LogP contribution < -0.4 is 5.32 Å². The first-order chi connectivity index (χ1) is 10.0. The first-order valence-electron chi connectivity index (χ1n) is 7.69. The lowest BCUT2D eigenvalue weighted by Gasteiger charge is -2.36. The van der Waals surface area contributed by atoms with Crippen molar-refractivity contribution in [1.82, 2.24) is 10.2 Å². The van der Waals surface area contributed by atoms with Gasteiger partial charge in [-0.25, -0.2) is 0 Å². The van der Waals surface area contributed by atoms with E-state index in [9.17, 15) is 15.3 Å². The Bertz CT molecular complexity index is 481. The van der Waals surface area contributed by atoms with Crippen molar-refractivity contribution in [3.05, 3.63) is 17.7 Å². The molecule has 134 valence electrons. The van der Waals surface area contributed by atoms with Gasteiger partial charge in [0.15, 0.2) is 11.5 Å². The molecule has 0 bridgehead atoms. The van der Waals surface area contributed by atoms with Gasteiger partial charge in [0.05, 0.1) is 0 Å². The Morgan fingerprint density at radius 1 is 1.00 bits per heavy atom. The maximum absolute atomic E-state index is 10.2. The van der Waals surface area contributed by atoms with E-state index in [1.807, 2.05) is 0 Å². The lowest BCUT2D eigenvalue weighted by atomic mass is 9.94. The molecule has 2 rings (SSSR count). The number of phenols is 3. The van der Waals surface area contributed by atoms with Crippen LogP contribution in [0.3, 0.4) is 0 Å². The third-order valence-corrected chi connectivity index (χ3v) is 4.13. The lowest BCUT2D eigenvalue weighted by molar-refractivity contribution is 0.156. The van der Waals surface area contributed by atoms with E-state index in [2.05, 4.69) is 24.1 Å². The van der Waals surface area contributed by atoms with Crippen LogP contribution in [0.5, 0.6) is 17.2 Å². The molecule has 5 nitrogen and oxygen atoms in total. The summed E-state index contributed by atoms with van der Waals surface area (Å²) in [5, 5.41) is 32.8. The molecule has 1 aromatic carbocycles. The van der Waals surface area contributed by atoms with Crippen LogP contribution in [0.15, 0.2) is 12.1 Å². The van der Waals surface area contributed by atoms with E-state index in [0.717, 1.165) is 39.0 Å². The Labute approximate surface area is 150 Å². The van der Waals surface area contributed by atoms with E-state index in [0.29, 0.717) is 11.5 Å². The van der Waals surface area contributed by atoms with Gasteiger partial charge in [-0.2, -0.15) is 0 Å². The van der Waals surface area contributed by atoms with Gasteiger partial charge in [-0.3, -0.25) is 4.90 Å². The molecule has 23 heavy (non-hydrogen) atoms. The lowest BCUT2D eigenvalue weighted by Crippen LogP contribution is -2.45. The predicted molar refractivity (Wildman–Crippen MR) is 97.2 cm³/mol. The monoisotopic (exact) mass is 366 g/mol. The molecule has 7 heteroatoms. The van der Waals surface area contributed by atoms with Gasteiger partial charge >= 0.3 is 0 Å². The van der Waals surface area contributed by atoms with Crippen LogP contribution in [0, 0.1) is 5.92 Å². The molecule has 0 radical (unpaired) electrons. The minimum Gasteiger partial charge on any atom is -0.504 e. The molecule has 0 aliphatic carbocycles. The average molecular weight is 367 g/mol. The summed E-state index contributed by atoms with van der Waals surface area (Å²) in [6.07, 6.45) is 1.98. The Balaban J connectivity index is 0.00000242. The van der Waals surface area contributed by atoms with Gasteiger partial charge < -0.3 is 20.6 Å². The van der Waals surface area contributed by atoms with Gasteiger partial charge in [0, 0.05) is 37.8 Å². The molecule has 0 spiro atoms. The zero-order valence-corrected chi connectivity index (χ0v) is 15.3. The van der Waals surface area contributed by atoms with E-state index in [-0.39, 0.29) is 42.4 Å². The SMILES string of the molecule is CC(C)CC[C@@H](c1ccc(O)c(O)c1O)N1CCNCC1.Cl.Cl. The van der Waals surface area contributed by atoms with Crippen LogP contribution in [-0.4, -0.2) is 46.4 Å². The number of phenolic OH excluding ortho intramolecular Hbond substituents is 3. The average Bonchev–Trinajstić information content (AvgIpc) is 2.48. The van der Waals surface area contributed by atoms with Gasteiger partial charge in [-0.15, -0.1) is 24.8 Å². The maximum atomic E-state index is 10.2. The van der Waals surface area contributed by atoms with Crippen molar-refractivity contribution in [3.63, 3.8) is 0 Å². The summed E-state index contributed by atoms with van der Waals surface area (Å²) in [5.41, 5.74) is 0.702. The van der Waals surface area contributed by atoms with Crippen molar-refractivity contribution in [2.45, 2.75) is 32.7 Å². The van der Waals surface area contributed by atoms with E-state index in [4.69, 9.17) is 0 Å². The molecule has 0 saturated carbocycles. The highest BCUT2D eigenvalue weighted by molar-refractivity contribution is 5.85. The number of aromatic hydroxyl groups is 3. The molecule has 1 aliphatic heterocycles. The number of hydrogen-bond acceptors (Lipinski definition) is 5. The van der Waals surface area contributed by atoms with Crippen molar-refractivity contribution in [2.24, 2.45) is 5.92 Å². The molecule has 1 aromatic rings. The highest BCUT2D eigenvalue weighted by atomic mass is 35.5. The summed E-state index contributed by atoms with van der Waals surface area (Å²) in [4.78, 5) is 2.34. The van der Waals surface area contributed by atoms with Crippen molar-refractivity contribution < 1.29 is 15.3 Å². The number of piperazine rings is 1. The molecule has 0 aromatic heterocycles. The summed E-state index contributed by atoms with van der Waals surface area (Å²) in [5.74, 6) is -0.304. The maximum Gasteiger partial charge on any atom is 0.200 e. The number of nitrogens with one attached hydrogen (secondary N) is 1. The Kier molecular flexibility index (Phi) is 9.70. The number of benzene rings is 1. The zero-order valence-electron chi connectivity index (χ0n) is 13.7. The predicted octanol–water partition coefficient (Wildman–Crippen LogP) is 3.03. The van der Waals surface area contributed by atoms with Crippen LogP contribution in [0.4, 0.5) is 0 Å². The fourth-order valence-electron chi connectivity index (χ4n) is 2.87. The number of hydrogen-bond donors (Lipinski definition) is 4. The second-order valence-electron chi connectivity index (χ2n) is 6.14. The summed E-state index contributed by atoms with van der Waals surface area (Å²) in [6, 6.07) is 3.24. The van der Waals surface area contributed by atoms with Crippen LogP contribution >= 0.6 is 24.8 Å². The highest BCUT2D eigenvalue weighted by Crippen LogP contribution is 2.42. The minimum atomic E-state index is -0.419. The van der Waals surface area contributed by atoms with E-state index < -0.39 is 5.75 Å². The van der Waals surface area contributed by atoms with Crippen molar-refractivity contribution in [3.8, 4) is 17.2 Å². The number of nitrogens with zero attached hydrogens (tertiary/aromatic N) is 1. The molecule has 1 atom stereocenters. The Morgan fingerprint density at radius 2 is 1.61 bits per heavy atom. The summed E-state index contributed by atoms with van der Waals surface area (Å²) >= 11 is 0. The van der Waals surface area contributed by atoms with Gasteiger partial charge in [0.1, 0.15) is 0 Å². The molecule has 0 amide bonds. The third-order valence-electron chi connectivity index (χ3n) is 4.13. The van der Waals surface area contributed by atoms with Gasteiger partial charge in [-0.1, -0.05) is 13.8 Å². The third kappa shape index (κ3) is 5.60. The molecule has 4 N–H and O–H groups in total. The summed E-state index contributed by atoms with van der Waals surface area (Å²) < 4.78 is 0. The van der Waals surface area contributed by atoms with Gasteiger partial charge in [-0.05, 0) is 30.9 Å². The first-order valence-corrected chi connectivity index (χ1v) is 7.69. The van der Waals surface area contributed by atoms with E-state index >= 15 is 0 Å². The second kappa shape index (κ2) is 10.1. The van der Waals surface area contributed by atoms with Crippen LogP contribution in [0.2, 0.25) is 0 Å². The number of rotatable bonds is 5. The van der Waals surface area contributed by atoms with E-state index in [1.54, 1.807) is 6.07 Å². The fourth-order valence-corrected chi connectivity index (χ4v) is 2.87. The van der Waals surface area contributed by atoms with Crippen molar-refractivity contribution >= 4 is 24.8 Å². The smallest absolute Gasteiger partial charge is 0.200 e. The normalized spacial score (nSPS) is 16.5. The quantitative estimate of drug-likeness (QED) is 0.602.